The third kappa shape index (κ3) is 2.41. The minimum Gasteiger partial charge on any atom is -0.274 e. The fourth-order valence-corrected chi connectivity index (χ4v) is 1.57. The van der Waals surface area contributed by atoms with Crippen LogP contribution < -0.4 is 4.72 Å². The first kappa shape index (κ1) is 10.5. The molecule has 1 aliphatic rings. The molecule has 0 aromatic carbocycles. The Balaban J connectivity index is 2.54. The lowest BCUT2D eigenvalue weighted by Gasteiger charge is -2.11. The minimum atomic E-state index is -3.59. The third-order valence-electron chi connectivity index (χ3n) is 2.16. The van der Waals surface area contributed by atoms with E-state index in [0.717, 1.165) is 10.7 Å². The molecule has 1 amide bonds. The molecule has 0 bridgehead atoms. The Morgan fingerprint density at radius 3 is 2.23 bits per heavy atom. The molecule has 0 aromatic rings. The van der Waals surface area contributed by atoms with Crippen molar-refractivity contribution in [3.63, 3.8) is 0 Å². The second kappa shape index (κ2) is 3.26. The number of hydrogen-bond acceptors (Lipinski definition) is 3. The van der Waals surface area contributed by atoms with Crippen LogP contribution >= 0.6 is 0 Å². The van der Waals surface area contributed by atoms with Crippen molar-refractivity contribution in [1.82, 2.24) is 9.03 Å². The Bertz CT molecular complexity index is 310. The lowest BCUT2D eigenvalue weighted by Crippen LogP contribution is -2.40. The molecule has 0 saturated heterocycles. The zero-order valence-electron chi connectivity index (χ0n) is 7.94. The summed E-state index contributed by atoms with van der Waals surface area (Å²) in [5.41, 5.74) is 0. The standard InChI is InChI=1S/C7H14N2O3S/c1-5-4-6(5)7(10)8-13(11,12)9(2)3/h5-6H,4H2,1-3H3,(H,8,10)/t5-,6-/m1/s1. The van der Waals surface area contributed by atoms with Crippen LogP contribution in [-0.4, -0.2) is 32.7 Å². The van der Waals surface area contributed by atoms with Gasteiger partial charge >= 0.3 is 10.2 Å². The molecular weight excluding hydrogens is 192 g/mol. The van der Waals surface area contributed by atoms with Crippen LogP contribution in [0.25, 0.3) is 0 Å². The Morgan fingerprint density at radius 2 is 1.92 bits per heavy atom. The van der Waals surface area contributed by atoms with E-state index >= 15 is 0 Å². The van der Waals surface area contributed by atoms with Crippen molar-refractivity contribution in [2.45, 2.75) is 13.3 Å². The maximum Gasteiger partial charge on any atom is 0.303 e. The Morgan fingerprint density at radius 1 is 1.46 bits per heavy atom. The molecule has 0 heterocycles. The van der Waals surface area contributed by atoms with Crippen LogP contribution in [0, 0.1) is 11.8 Å². The summed E-state index contributed by atoms with van der Waals surface area (Å²) in [6.45, 7) is 1.92. The predicted octanol–water partition coefficient (Wildman–Crippen LogP) is -0.435. The van der Waals surface area contributed by atoms with E-state index in [4.69, 9.17) is 0 Å². The molecule has 0 aromatic heterocycles. The molecule has 1 aliphatic carbocycles. The monoisotopic (exact) mass is 206 g/mol. The molecule has 0 aliphatic heterocycles. The van der Waals surface area contributed by atoms with Crippen LogP contribution in [-0.2, 0) is 15.0 Å². The van der Waals surface area contributed by atoms with Gasteiger partial charge in [-0.1, -0.05) is 6.92 Å². The first-order valence-electron chi connectivity index (χ1n) is 4.08. The first-order valence-corrected chi connectivity index (χ1v) is 5.52. The van der Waals surface area contributed by atoms with Gasteiger partial charge in [-0.25, -0.2) is 4.72 Å². The highest BCUT2D eigenvalue weighted by atomic mass is 32.2. The fourth-order valence-electron chi connectivity index (χ4n) is 0.982. The molecule has 0 radical (unpaired) electrons. The predicted molar refractivity (Wildman–Crippen MR) is 48.0 cm³/mol. The summed E-state index contributed by atoms with van der Waals surface area (Å²) in [6.07, 6.45) is 0.786. The number of amides is 1. The van der Waals surface area contributed by atoms with Crippen molar-refractivity contribution in [2.75, 3.05) is 14.1 Å². The topological polar surface area (TPSA) is 66.5 Å². The van der Waals surface area contributed by atoms with E-state index in [1.54, 1.807) is 0 Å². The zero-order valence-corrected chi connectivity index (χ0v) is 8.76. The summed E-state index contributed by atoms with van der Waals surface area (Å²) in [7, 11) is -0.830. The van der Waals surface area contributed by atoms with Crippen LogP contribution in [0.3, 0.4) is 0 Å². The van der Waals surface area contributed by atoms with Crippen molar-refractivity contribution in [2.24, 2.45) is 11.8 Å². The SMILES string of the molecule is C[C@@H]1C[C@H]1C(=O)NS(=O)(=O)N(C)C. The van der Waals surface area contributed by atoms with Gasteiger partial charge in [0.25, 0.3) is 0 Å². The van der Waals surface area contributed by atoms with E-state index in [2.05, 4.69) is 0 Å². The van der Waals surface area contributed by atoms with Gasteiger partial charge in [-0.2, -0.15) is 12.7 Å². The molecule has 1 fully saturated rings. The van der Waals surface area contributed by atoms with E-state index < -0.39 is 10.2 Å². The van der Waals surface area contributed by atoms with Gasteiger partial charge < -0.3 is 0 Å². The van der Waals surface area contributed by atoms with Gasteiger partial charge in [0, 0.05) is 20.0 Å². The first-order chi connectivity index (χ1) is 5.84. The van der Waals surface area contributed by atoms with Crippen LogP contribution in [0.4, 0.5) is 0 Å². The van der Waals surface area contributed by atoms with Gasteiger partial charge in [-0.05, 0) is 12.3 Å². The van der Waals surface area contributed by atoms with Crippen molar-refractivity contribution in [3.05, 3.63) is 0 Å². The van der Waals surface area contributed by atoms with E-state index in [9.17, 15) is 13.2 Å². The van der Waals surface area contributed by atoms with Gasteiger partial charge in [0.05, 0.1) is 0 Å². The summed E-state index contributed by atoms with van der Waals surface area (Å²) >= 11 is 0. The summed E-state index contributed by atoms with van der Waals surface area (Å²) in [6, 6.07) is 0. The molecule has 0 spiro atoms. The highest BCUT2D eigenvalue weighted by molar-refractivity contribution is 7.87. The van der Waals surface area contributed by atoms with E-state index in [0.29, 0.717) is 5.92 Å². The highest BCUT2D eigenvalue weighted by Gasteiger charge is 2.40. The normalized spacial score (nSPS) is 27.4. The van der Waals surface area contributed by atoms with Gasteiger partial charge in [-0.15, -0.1) is 0 Å². The smallest absolute Gasteiger partial charge is 0.274 e. The molecule has 2 atom stereocenters. The maximum atomic E-state index is 11.2. The molecule has 13 heavy (non-hydrogen) atoms. The second-order valence-electron chi connectivity index (χ2n) is 3.57. The second-order valence-corrected chi connectivity index (χ2v) is 5.46. The summed E-state index contributed by atoms with van der Waals surface area (Å²) < 4.78 is 25.3. The van der Waals surface area contributed by atoms with Crippen LogP contribution in [0.1, 0.15) is 13.3 Å². The summed E-state index contributed by atoms with van der Waals surface area (Å²) in [4.78, 5) is 11.2. The van der Waals surface area contributed by atoms with Gasteiger partial charge in [0.15, 0.2) is 0 Å². The largest absolute Gasteiger partial charge is 0.303 e. The lowest BCUT2D eigenvalue weighted by atomic mass is 10.3. The molecule has 76 valence electrons. The van der Waals surface area contributed by atoms with Gasteiger partial charge in [0.2, 0.25) is 5.91 Å². The van der Waals surface area contributed by atoms with Crippen molar-refractivity contribution in [1.29, 1.82) is 0 Å². The minimum absolute atomic E-state index is 0.116. The maximum absolute atomic E-state index is 11.2. The van der Waals surface area contributed by atoms with Crippen LogP contribution in [0.15, 0.2) is 0 Å². The van der Waals surface area contributed by atoms with Crippen molar-refractivity contribution < 1.29 is 13.2 Å². The molecular formula is C7H14N2O3S. The average molecular weight is 206 g/mol. The number of carbonyl (C=O) groups is 1. The molecule has 1 rings (SSSR count). The highest BCUT2D eigenvalue weighted by Crippen LogP contribution is 2.37. The van der Waals surface area contributed by atoms with E-state index in [-0.39, 0.29) is 11.8 Å². The number of rotatable bonds is 3. The van der Waals surface area contributed by atoms with Crippen LogP contribution in [0.2, 0.25) is 0 Å². The third-order valence-corrected chi connectivity index (χ3v) is 3.58. The summed E-state index contributed by atoms with van der Waals surface area (Å²) in [5, 5.41) is 0. The molecule has 1 saturated carbocycles. The summed E-state index contributed by atoms with van der Waals surface area (Å²) in [5.74, 6) is -0.187. The zero-order chi connectivity index (χ0) is 10.2. The van der Waals surface area contributed by atoms with Crippen LogP contribution in [0.5, 0.6) is 0 Å². The average Bonchev–Trinajstić information content (AvgIpc) is 2.65. The lowest BCUT2D eigenvalue weighted by molar-refractivity contribution is -0.120. The number of nitrogens with zero attached hydrogens (tertiary/aromatic N) is 1. The Hall–Kier alpha value is -0.620. The number of hydrogen-bond donors (Lipinski definition) is 1. The number of carbonyl (C=O) groups excluding carboxylic acids is 1. The van der Waals surface area contributed by atoms with E-state index in [1.807, 2.05) is 11.6 Å². The van der Waals surface area contributed by atoms with Gasteiger partial charge in [-0.3, -0.25) is 4.79 Å². The quantitative estimate of drug-likeness (QED) is 0.681. The molecule has 1 N–H and O–H groups in total. The fraction of sp³-hybridized carbons (Fsp3) is 0.857. The van der Waals surface area contributed by atoms with E-state index in [1.165, 1.54) is 14.1 Å². The Labute approximate surface area is 78.3 Å². The van der Waals surface area contributed by atoms with Crippen molar-refractivity contribution in [3.8, 4) is 0 Å². The molecule has 5 nitrogen and oxygen atoms in total. The van der Waals surface area contributed by atoms with Gasteiger partial charge in [0.1, 0.15) is 0 Å². The van der Waals surface area contributed by atoms with Crippen molar-refractivity contribution >= 4 is 16.1 Å². The number of nitrogens with one attached hydrogen (secondary N) is 1. The Kier molecular flexibility index (Phi) is 2.63. The molecule has 0 unspecified atom stereocenters. The molecule has 6 heteroatoms.